The van der Waals surface area contributed by atoms with Gasteiger partial charge in [0.05, 0.1) is 12.8 Å². The number of hydrogen-bond acceptors (Lipinski definition) is 3. The average molecular weight is 321 g/mol. The van der Waals surface area contributed by atoms with Crippen molar-refractivity contribution in [3.05, 3.63) is 72.4 Å². The van der Waals surface area contributed by atoms with Gasteiger partial charge >= 0.3 is 0 Å². The lowest BCUT2D eigenvalue weighted by Crippen LogP contribution is -2.27. The molecular formula is C19H19N3O2. The molecule has 0 bridgehead atoms. The van der Waals surface area contributed by atoms with E-state index >= 15 is 0 Å². The monoisotopic (exact) mass is 321 g/mol. The molecule has 0 aliphatic heterocycles. The largest absolute Gasteiger partial charge is 0.497 e. The van der Waals surface area contributed by atoms with Crippen molar-refractivity contribution in [1.82, 2.24) is 15.1 Å². The summed E-state index contributed by atoms with van der Waals surface area (Å²) in [5, 5.41) is 7.33. The van der Waals surface area contributed by atoms with Gasteiger partial charge in [-0.25, -0.2) is 0 Å². The fourth-order valence-corrected chi connectivity index (χ4v) is 2.36. The Morgan fingerprint density at radius 3 is 2.54 bits per heavy atom. The van der Waals surface area contributed by atoms with E-state index < -0.39 is 0 Å². The summed E-state index contributed by atoms with van der Waals surface area (Å²) in [5.74, 6) is 0.726. The van der Waals surface area contributed by atoms with Gasteiger partial charge in [-0.05, 0) is 23.8 Å². The average Bonchev–Trinajstić information content (AvgIpc) is 3.09. The van der Waals surface area contributed by atoms with Gasteiger partial charge in [0.2, 0.25) is 5.91 Å². The van der Waals surface area contributed by atoms with Crippen LogP contribution in [-0.2, 0) is 17.9 Å². The van der Waals surface area contributed by atoms with Crippen LogP contribution < -0.4 is 10.1 Å². The van der Waals surface area contributed by atoms with Crippen LogP contribution >= 0.6 is 0 Å². The maximum Gasteiger partial charge on any atom is 0.241 e. The zero-order chi connectivity index (χ0) is 16.8. The van der Waals surface area contributed by atoms with E-state index in [1.165, 1.54) is 0 Å². The van der Waals surface area contributed by atoms with E-state index in [1.54, 1.807) is 11.8 Å². The van der Waals surface area contributed by atoms with Crippen LogP contribution in [0, 0.1) is 0 Å². The number of nitrogens with one attached hydrogen (secondary N) is 1. The van der Waals surface area contributed by atoms with Gasteiger partial charge in [-0.15, -0.1) is 0 Å². The molecule has 3 aromatic rings. The molecule has 0 aliphatic rings. The molecule has 0 unspecified atom stereocenters. The third-order valence-corrected chi connectivity index (χ3v) is 3.66. The van der Waals surface area contributed by atoms with Crippen molar-refractivity contribution in [2.45, 2.75) is 13.1 Å². The zero-order valence-corrected chi connectivity index (χ0v) is 13.5. The smallest absolute Gasteiger partial charge is 0.241 e. The van der Waals surface area contributed by atoms with Gasteiger partial charge in [0.25, 0.3) is 0 Å². The molecular weight excluding hydrogens is 302 g/mol. The van der Waals surface area contributed by atoms with Gasteiger partial charge in [0.1, 0.15) is 12.3 Å². The highest BCUT2D eigenvalue weighted by Gasteiger charge is 2.06. The Bertz CT molecular complexity index is 795. The normalized spacial score (nSPS) is 10.4. The Balaban J connectivity index is 1.54. The fourth-order valence-electron chi connectivity index (χ4n) is 2.36. The predicted molar refractivity (Wildman–Crippen MR) is 92.5 cm³/mol. The maximum atomic E-state index is 12.1. The SMILES string of the molecule is COc1ccc(CNC(=O)Cn2ccc(-c3ccccc3)n2)cc1. The Kier molecular flexibility index (Phi) is 4.91. The molecule has 2 aromatic carbocycles. The number of ether oxygens (including phenoxy) is 1. The van der Waals surface area contributed by atoms with Crippen LogP contribution in [0.25, 0.3) is 11.3 Å². The molecule has 0 saturated heterocycles. The number of benzene rings is 2. The summed E-state index contributed by atoms with van der Waals surface area (Å²) < 4.78 is 6.76. The van der Waals surface area contributed by atoms with E-state index in [1.807, 2.05) is 66.9 Å². The lowest BCUT2D eigenvalue weighted by atomic mass is 10.2. The molecule has 3 rings (SSSR count). The highest BCUT2D eigenvalue weighted by molar-refractivity contribution is 5.75. The number of carbonyl (C=O) groups is 1. The first-order chi connectivity index (χ1) is 11.7. The second kappa shape index (κ2) is 7.46. The van der Waals surface area contributed by atoms with Crippen LogP contribution in [0.2, 0.25) is 0 Å². The summed E-state index contributed by atoms with van der Waals surface area (Å²) in [4.78, 5) is 12.1. The van der Waals surface area contributed by atoms with Gasteiger partial charge in [-0.1, -0.05) is 42.5 Å². The first-order valence-corrected chi connectivity index (χ1v) is 7.73. The number of methoxy groups -OCH3 is 1. The van der Waals surface area contributed by atoms with Gasteiger partial charge in [-0.2, -0.15) is 5.10 Å². The van der Waals surface area contributed by atoms with E-state index in [2.05, 4.69) is 10.4 Å². The summed E-state index contributed by atoms with van der Waals surface area (Å²) in [6.07, 6.45) is 1.81. The van der Waals surface area contributed by atoms with Crippen LogP contribution in [0.4, 0.5) is 0 Å². The lowest BCUT2D eigenvalue weighted by molar-refractivity contribution is -0.122. The summed E-state index contributed by atoms with van der Waals surface area (Å²) in [6.45, 7) is 0.679. The Morgan fingerprint density at radius 1 is 1.08 bits per heavy atom. The van der Waals surface area contributed by atoms with Crippen LogP contribution in [0.15, 0.2) is 66.9 Å². The number of aromatic nitrogens is 2. The third kappa shape index (κ3) is 4.01. The molecule has 5 heteroatoms. The summed E-state index contributed by atoms with van der Waals surface area (Å²) in [6, 6.07) is 19.4. The fraction of sp³-hybridized carbons (Fsp3) is 0.158. The van der Waals surface area contributed by atoms with Gasteiger partial charge in [-0.3, -0.25) is 9.48 Å². The quantitative estimate of drug-likeness (QED) is 0.759. The number of carbonyl (C=O) groups excluding carboxylic acids is 1. The Morgan fingerprint density at radius 2 is 1.83 bits per heavy atom. The number of rotatable bonds is 6. The number of amides is 1. The molecule has 0 spiro atoms. The molecule has 1 heterocycles. The van der Waals surface area contributed by atoms with Crippen molar-refractivity contribution in [1.29, 1.82) is 0 Å². The highest BCUT2D eigenvalue weighted by Crippen LogP contribution is 2.15. The van der Waals surface area contributed by atoms with Crippen molar-refractivity contribution >= 4 is 5.91 Å². The molecule has 122 valence electrons. The van der Waals surface area contributed by atoms with Gasteiger partial charge in [0, 0.05) is 18.3 Å². The van der Waals surface area contributed by atoms with Crippen molar-refractivity contribution < 1.29 is 9.53 Å². The van der Waals surface area contributed by atoms with E-state index in [0.29, 0.717) is 6.54 Å². The molecule has 1 N–H and O–H groups in total. The second-order valence-corrected chi connectivity index (χ2v) is 5.39. The minimum atomic E-state index is -0.0754. The van der Waals surface area contributed by atoms with Crippen molar-refractivity contribution in [2.24, 2.45) is 0 Å². The predicted octanol–water partition coefficient (Wildman–Crippen LogP) is 2.88. The highest BCUT2D eigenvalue weighted by atomic mass is 16.5. The summed E-state index contributed by atoms with van der Waals surface area (Å²) in [5.41, 5.74) is 2.92. The molecule has 0 fully saturated rings. The molecule has 1 aromatic heterocycles. The van der Waals surface area contributed by atoms with Crippen molar-refractivity contribution in [2.75, 3.05) is 7.11 Å². The van der Waals surface area contributed by atoms with Crippen LogP contribution in [0.1, 0.15) is 5.56 Å². The maximum absolute atomic E-state index is 12.1. The molecule has 0 radical (unpaired) electrons. The first kappa shape index (κ1) is 15.8. The van der Waals surface area contributed by atoms with E-state index in [-0.39, 0.29) is 12.5 Å². The van der Waals surface area contributed by atoms with Crippen molar-refractivity contribution in [3.8, 4) is 17.0 Å². The molecule has 24 heavy (non-hydrogen) atoms. The Hall–Kier alpha value is -3.08. The van der Waals surface area contributed by atoms with E-state index in [4.69, 9.17) is 4.74 Å². The van der Waals surface area contributed by atoms with Crippen molar-refractivity contribution in [3.63, 3.8) is 0 Å². The minimum Gasteiger partial charge on any atom is -0.497 e. The summed E-state index contributed by atoms with van der Waals surface area (Å²) >= 11 is 0. The molecule has 1 amide bonds. The van der Waals surface area contributed by atoms with E-state index in [9.17, 15) is 4.79 Å². The number of nitrogens with zero attached hydrogens (tertiary/aromatic N) is 2. The van der Waals surface area contributed by atoms with Gasteiger partial charge < -0.3 is 10.1 Å². The van der Waals surface area contributed by atoms with Gasteiger partial charge in [0.15, 0.2) is 0 Å². The topological polar surface area (TPSA) is 56.1 Å². The second-order valence-electron chi connectivity index (χ2n) is 5.39. The molecule has 0 aliphatic carbocycles. The Labute approximate surface area is 140 Å². The molecule has 5 nitrogen and oxygen atoms in total. The molecule has 0 saturated carbocycles. The molecule has 0 atom stereocenters. The van der Waals surface area contributed by atoms with E-state index in [0.717, 1.165) is 22.6 Å². The summed E-state index contributed by atoms with van der Waals surface area (Å²) in [7, 11) is 1.63. The van der Waals surface area contributed by atoms with Crippen LogP contribution in [-0.4, -0.2) is 22.8 Å². The lowest BCUT2D eigenvalue weighted by Gasteiger charge is -2.06. The minimum absolute atomic E-state index is 0.0754. The first-order valence-electron chi connectivity index (χ1n) is 7.73. The third-order valence-electron chi connectivity index (χ3n) is 3.66. The standard InChI is InChI=1S/C19H19N3O2/c1-24-17-9-7-15(8-10-17)13-20-19(23)14-22-12-11-18(21-22)16-5-3-2-4-6-16/h2-12H,13-14H2,1H3,(H,20,23). The zero-order valence-electron chi connectivity index (χ0n) is 13.5. The number of hydrogen-bond donors (Lipinski definition) is 1. The van der Waals surface area contributed by atoms with Crippen LogP contribution in [0.5, 0.6) is 5.75 Å². The van der Waals surface area contributed by atoms with Crippen LogP contribution in [0.3, 0.4) is 0 Å².